The van der Waals surface area contributed by atoms with E-state index in [0.29, 0.717) is 16.3 Å². The van der Waals surface area contributed by atoms with Gasteiger partial charge in [0, 0.05) is 36.1 Å². The number of benzene rings is 1. The van der Waals surface area contributed by atoms with Crippen molar-refractivity contribution in [2.45, 2.75) is 17.8 Å². The van der Waals surface area contributed by atoms with Gasteiger partial charge in [-0.2, -0.15) is 0 Å². The molecule has 29 heavy (non-hydrogen) atoms. The van der Waals surface area contributed by atoms with Crippen LogP contribution in [0.4, 0.5) is 0 Å². The van der Waals surface area contributed by atoms with Gasteiger partial charge in [-0.1, -0.05) is 48.2 Å². The Morgan fingerprint density at radius 2 is 1.93 bits per heavy atom. The van der Waals surface area contributed by atoms with Crippen LogP contribution < -0.4 is 5.56 Å². The van der Waals surface area contributed by atoms with E-state index >= 15 is 0 Å². The number of thiophene rings is 1. The van der Waals surface area contributed by atoms with Crippen LogP contribution in [0.1, 0.15) is 11.3 Å². The van der Waals surface area contributed by atoms with Gasteiger partial charge in [0.25, 0.3) is 5.56 Å². The van der Waals surface area contributed by atoms with E-state index in [1.165, 1.54) is 23.1 Å². The smallest absolute Gasteiger partial charge is 0.263 e. The second-order valence-corrected chi connectivity index (χ2v) is 8.70. The van der Waals surface area contributed by atoms with Gasteiger partial charge in [-0.25, -0.2) is 9.97 Å². The van der Waals surface area contributed by atoms with E-state index in [9.17, 15) is 4.79 Å². The van der Waals surface area contributed by atoms with E-state index in [4.69, 9.17) is 9.97 Å². The van der Waals surface area contributed by atoms with Gasteiger partial charge in [-0.05, 0) is 24.1 Å². The number of thioether (sulfide) groups is 1. The Morgan fingerprint density at radius 3 is 2.72 bits per heavy atom. The van der Waals surface area contributed by atoms with Gasteiger partial charge < -0.3 is 4.40 Å². The number of aromatic nitrogens is 4. The minimum atomic E-state index is -0.0107. The molecule has 0 spiro atoms. The summed E-state index contributed by atoms with van der Waals surface area (Å²) in [6.45, 7) is 2.06. The fourth-order valence-electron chi connectivity index (χ4n) is 3.42. The standard InChI is InChI=1S/C22H18N4OS2/c1-14-7-6-10-26-11-16(23-19(14)26)12-29-22-24-20-18(21(27)25(22)2)17(13-28-20)15-8-4-3-5-9-15/h3-11,13H,12H2,1-2H3. The number of imidazole rings is 1. The van der Waals surface area contributed by atoms with Crippen LogP contribution >= 0.6 is 23.1 Å². The second-order valence-electron chi connectivity index (χ2n) is 6.90. The van der Waals surface area contributed by atoms with Crippen molar-refractivity contribution >= 4 is 39.0 Å². The van der Waals surface area contributed by atoms with E-state index in [2.05, 4.69) is 13.0 Å². The Balaban J connectivity index is 1.50. The molecule has 4 aromatic heterocycles. The zero-order valence-electron chi connectivity index (χ0n) is 16.0. The molecule has 0 N–H and O–H groups in total. The third-order valence-electron chi connectivity index (χ3n) is 4.94. The third kappa shape index (κ3) is 3.16. The highest BCUT2D eigenvalue weighted by molar-refractivity contribution is 7.98. The Labute approximate surface area is 175 Å². The number of hydrogen-bond acceptors (Lipinski definition) is 5. The molecular weight excluding hydrogens is 400 g/mol. The summed E-state index contributed by atoms with van der Waals surface area (Å²) in [5.41, 5.74) is 5.05. The van der Waals surface area contributed by atoms with Crippen molar-refractivity contribution in [1.82, 2.24) is 18.9 Å². The van der Waals surface area contributed by atoms with E-state index < -0.39 is 0 Å². The molecule has 144 valence electrons. The summed E-state index contributed by atoms with van der Waals surface area (Å²) in [6.07, 6.45) is 4.03. The summed E-state index contributed by atoms with van der Waals surface area (Å²) in [5.74, 6) is 0.657. The van der Waals surface area contributed by atoms with Crippen molar-refractivity contribution in [3.05, 3.63) is 81.8 Å². The minimum absolute atomic E-state index is 0.0107. The highest BCUT2D eigenvalue weighted by Gasteiger charge is 2.16. The molecule has 7 heteroatoms. The Kier molecular flexibility index (Phi) is 4.49. The van der Waals surface area contributed by atoms with Crippen LogP contribution in [0.15, 0.2) is 70.2 Å². The van der Waals surface area contributed by atoms with Crippen LogP contribution in [0.3, 0.4) is 0 Å². The number of nitrogens with zero attached hydrogens (tertiary/aromatic N) is 4. The monoisotopic (exact) mass is 418 g/mol. The Hall–Kier alpha value is -2.90. The quantitative estimate of drug-likeness (QED) is 0.307. The van der Waals surface area contributed by atoms with Crippen LogP contribution in [0, 0.1) is 6.92 Å². The van der Waals surface area contributed by atoms with Crippen molar-refractivity contribution < 1.29 is 0 Å². The van der Waals surface area contributed by atoms with Crippen LogP contribution in [0.25, 0.3) is 27.0 Å². The average Bonchev–Trinajstić information content (AvgIpc) is 3.35. The number of pyridine rings is 1. The SMILES string of the molecule is Cc1cccn2cc(CSc3nc4scc(-c5ccccc5)c4c(=O)n3C)nc12. The fraction of sp³-hybridized carbons (Fsp3) is 0.136. The molecule has 0 aliphatic heterocycles. The molecule has 0 unspecified atom stereocenters. The van der Waals surface area contributed by atoms with Gasteiger partial charge in [-0.15, -0.1) is 11.3 Å². The van der Waals surface area contributed by atoms with Crippen molar-refractivity contribution in [1.29, 1.82) is 0 Å². The summed E-state index contributed by atoms with van der Waals surface area (Å²) in [6, 6.07) is 14.1. The first kappa shape index (κ1) is 18.1. The number of hydrogen-bond donors (Lipinski definition) is 0. The van der Waals surface area contributed by atoms with Gasteiger partial charge >= 0.3 is 0 Å². The maximum Gasteiger partial charge on any atom is 0.263 e. The molecule has 0 aliphatic carbocycles. The van der Waals surface area contributed by atoms with Crippen molar-refractivity contribution in [3.63, 3.8) is 0 Å². The summed E-state index contributed by atoms with van der Waals surface area (Å²) in [7, 11) is 1.79. The van der Waals surface area contributed by atoms with E-state index in [-0.39, 0.29) is 5.56 Å². The predicted octanol–water partition coefficient (Wildman–Crippen LogP) is 4.91. The molecular formula is C22H18N4OS2. The first-order chi connectivity index (χ1) is 14.1. The Bertz CT molecular complexity index is 1400. The number of rotatable bonds is 4. The molecule has 5 nitrogen and oxygen atoms in total. The minimum Gasteiger partial charge on any atom is -0.307 e. The normalized spacial score (nSPS) is 11.5. The summed E-state index contributed by atoms with van der Waals surface area (Å²) >= 11 is 3.05. The molecule has 0 fully saturated rings. The van der Waals surface area contributed by atoms with Gasteiger partial charge in [0.1, 0.15) is 10.5 Å². The van der Waals surface area contributed by atoms with Crippen molar-refractivity contribution in [2.24, 2.45) is 7.05 Å². The molecule has 0 amide bonds. The lowest BCUT2D eigenvalue weighted by molar-refractivity contribution is 0.728. The van der Waals surface area contributed by atoms with Crippen LogP contribution in [0.2, 0.25) is 0 Å². The number of aryl methyl sites for hydroxylation is 1. The van der Waals surface area contributed by atoms with Crippen molar-refractivity contribution in [2.75, 3.05) is 0 Å². The maximum atomic E-state index is 13.1. The topological polar surface area (TPSA) is 52.2 Å². The molecule has 0 atom stereocenters. The summed E-state index contributed by atoms with van der Waals surface area (Å²) < 4.78 is 3.68. The molecule has 0 radical (unpaired) electrons. The van der Waals surface area contributed by atoms with Crippen molar-refractivity contribution in [3.8, 4) is 11.1 Å². The van der Waals surface area contributed by atoms with Gasteiger partial charge in [0.2, 0.25) is 0 Å². The summed E-state index contributed by atoms with van der Waals surface area (Å²) in [5, 5.41) is 3.42. The zero-order valence-corrected chi connectivity index (χ0v) is 17.6. The molecule has 0 saturated carbocycles. The first-order valence-electron chi connectivity index (χ1n) is 9.21. The molecule has 5 aromatic rings. The highest BCUT2D eigenvalue weighted by atomic mass is 32.2. The maximum absolute atomic E-state index is 13.1. The molecule has 0 saturated heterocycles. The molecule has 0 aliphatic rings. The van der Waals surface area contributed by atoms with Crippen LogP contribution in [-0.2, 0) is 12.8 Å². The summed E-state index contributed by atoms with van der Waals surface area (Å²) in [4.78, 5) is 23.4. The highest BCUT2D eigenvalue weighted by Crippen LogP contribution is 2.32. The Morgan fingerprint density at radius 1 is 1.10 bits per heavy atom. The predicted molar refractivity (Wildman–Crippen MR) is 120 cm³/mol. The molecule has 1 aromatic carbocycles. The van der Waals surface area contributed by atoms with E-state index in [1.807, 2.05) is 58.6 Å². The van der Waals surface area contributed by atoms with Crippen LogP contribution in [0.5, 0.6) is 0 Å². The molecule has 4 heterocycles. The average molecular weight is 419 g/mol. The third-order valence-corrected chi connectivity index (χ3v) is 6.87. The lowest BCUT2D eigenvalue weighted by Crippen LogP contribution is -2.19. The zero-order chi connectivity index (χ0) is 20.0. The lowest BCUT2D eigenvalue weighted by Gasteiger charge is -2.07. The largest absolute Gasteiger partial charge is 0.307 e. The first-order valence-corrected chi connectivity index (χ1v) is 11.1. The molecule has 5 rings (SSSR count). The van der Waals surface area contributed by atoms with E-state index in [0.717, 1.165) is 32.9 Å². The van der Waals surface area contributed by atoms with Gasteiger partial charge in [-0.3, -0.25) is 9.36 Å². The van der Waals surface area contributed by atoms with E-state index in [1.54, 1.807) is 11.6 Å². The van der Waals surface area contributed by atoms with Gasteiger partial charge in [0.05, 0.1) is 11.1 Å². The van der Waals surface area contributed by atoms with Crippen LogP contribution in [-0.4, -0.2) is 18.9 Å². The lowest BCUT2D eigenvalue weighted by atomic mass is 10.1. The fourth-order valence-corrected chi connectivity index (χ4v) is 5.27. The number of fused-ring (bicyclic) bond motifs is 2. The second kappa shape index (κ2) is 7.17. The van der Waals surface area contributed by atoms with Gasteiger partial charge in [0.15, 0.2) is 5.16 Å². The molecule has 0 bridgehead atoms.